The minimum atomic E-state index is -0.208. The van der Waals surface area contributed by atoms with Crippen LogP contribution < -0.4 is 33.2 Å². The van der Waals surface area contributed by atoms with Gasteiger partial charge in [-0.05, 0) is 113 Å². The summed E-state index contributed by atoms with van der Waals surface area (Å²) in [5, 5.41) is 4.46. The molecule has 39 heteroatoms. The number of rotatable bonds is 20. The van der Waals surface area contributed by atoms with E-state index in [1.54, 1.807) is 133 Å². The largest absolute Gasteiger partial charge is 0.497 e. The monoisotopic (exact) mass is 1910 g/mol. The predicted molar refractivity (Wildman–Crippen MR) is 519 cm³/mol. The lowest BCUT2D eigenvalue weighted by molar-refractivity contribution is -0.127. The van der Waals surface area contributed by atoms with E-state index in [0.29, 0.717) is 146 Å². The predicted octanol–water partition coefficient (Wildman–Crippen LogP) is 14.7. The van der Waals surface area contributed by atoms with E-state index in [2.05, 4.69) is 24.5 Å². The summed E-state index contributed by atoms with van der Waals surface area (Å²) in [6.07, 6.45) is 9.18. The molecule has 1 amide bonds. The quantitative estimate of drug-likeness (QED) is 0.0389. The van der Waals surface area contributed by atoms with Gasteiger partial charge in [-0.25, -0.2) is 48.9 Å². The second-order valence-corrected chi connectivity index (χ2v) is 38.7. The topological polar surface area (TPSA) is 300 Å². The zero-order chi connectivity index (χ0) is 90.5. The van der Waals surface area contributed by atoms with Crippen LogP contribution in [0.15, 0.2) is 146 Å². The van der Waals surface area contributed by atoms with Crippen LogP contribution in [0.1, 0.15) is 113 Å². The molecule has 126 heavy (non-hydrogen) atoms. The van der Waals surface area contributed by atoms with Crippen molar-refractivity contribution < 1.29 is 28.7 Å². The summed E-state index contributed by atoms with van der Waals surface area (Å²) in [5.74, 6) is 6.17. The van der Waals surface area contributed by atoms with Gasteiger partial charge in [-0.2, -0.15) is 0 Å². The molecule has 2 saturated carbocycles. The molecule has 10 aromatic rings. The fraction of sp³-hybridized carbons (Fsp3) is 0.379. The van der Waals surface area contributed by atoms with E-state index >= 15 is 0 Å². The van der Waals surface area contributed by atoms with Crippen molar-refractivity contribution >= 4 is 215 Å². The minimum Gasteiger partial charge on any atom is -0.497 e. The molecule has 1 saturated heterocycles. The van der Waals surface area contributed by atoms with E-state index in [1.807, 2.05) is 67.3 Å². The molecule has 28 nitrogen and oxygen atoms in total. The number of carbonyl (C=O) groups is 5. The van der Waals surface area contributed by atoms with E-state index in [0.717, 1.165) is 115 Å². The summed E-state index contributed by atoms with van der Waals surface area (Å²) in [4.78, 5) is 148. The maximum absolute atomic E-state index is 12.6. The van der Waals surface area contributed by atoms with Gasteiger partial charge >= 0.3 is 28.4 Å². The smallest absolute Gasteiger partial charge is 0.330 e. The highest BCUT2D eigenvalue weighted by Gasteiger charge is 2.32. The van der Waals surface area contributed by atoms with Crippen LogP contribution in [-0.4, -0.2) is 158 Å². The van der Waals surface area contributed by atoms with Gasteiger partial charge in [0.2, 0.25) is 5.91 Å². The Morgan fingerprint density at radius 1 is 0.421 bits per heavy atom. The number of fused-ring (bicyclic) bond motifs is 5. The summed E-state index contributed by atoms with van der Waals surface area (Å²) < 4.78 is 25.0. The molecule has 4 aromatic carbocycles. The number of carbonyl (C=O) groups excluding carboxylic acids is 5. The fourth-order valence-electron chi connectivity index (χ4n) is 14.5. The number of methoxy groups -OCH3 is 1. The van der Waals surface area contributed by atoms with E-state index in [4.69, 9.17) is 82.4 Å². The van der Waals surface area contributed by atoms with Crippen molar-refractivity contribution in [1.82, 2.24) is 60.1 Å². The van der Waals surface area contributed by atoms with Gasteiger partial charge in [0.1, 0.15) is 57.7 Å². The van der Waals surface area contributed by atoms with Crippen molar-refractivity contribution in [3.63, 3.8) is 0 Å². The van der Waals surface area contributed by atoms with Crippen LogP contribution in [0.2, 0.25) is 5.02 Å². The highest BCUT2D eigenvalue weighted by atomic mass is 35.5. The molecular weight excluding hydrogens is 1820 g/mol. The molecule has 0 bridgehead atoms. The molecule has 658 valence electrons. The number of halogens is 1. The molecule has 11 heterocycles. The number of benzene rings is 4. The number of ketones is 4. The van der Waals surface area contributed by atoms with Crippen molar-refractivity contribution in [2.45, 2.75) is 96.3 Å². The van der Waals surface area contributed by atoms with Gasteiger partial charge in [0.25, 0.3) is 0 Å². The number of thioether (sulfide) groups is 5. The first-order valence-corrected chi connectivity index (χ1v) is 47.7. The Morgan fingerprint density at radius 2 is 0.802 bits per heavy atom. The number of ether oxygens (including phenoxy) is 1. The number of likely N-dealkylation sites (tertiary alicyclic amines) is 1. The Bertz CT molecular complexity index is 6760. The zero-order valence-corrected chi connectivity index (χ0v) is 80.3. The molecule has 3 fully saturated rings. The van der Waals surface area contributed by atoms with Crippen LogP contribution in [0.4, 0.5) is 23.3 Å². The van der Waals surface area contributed by atoms with Gasteiger partial charge in [0.05, 0.1) is 61.1 Å². The van der Waals surface area contributed by atoms with Crippen molar-refractivity contribution in [2.75, 3.05) is 49.0 Å². The summed E-state index contributed by atoms with van der Waals surface area (Å²) in [7, 11) is 16.8. The van der Waals surface area contributed by atoms with Crippen molar-refractivity contribution in [2.24, 2.45) is 95.2 Å². The van der Waals surface area contributed by atoms with Crippen LogP contribution in [0.3, 0.4) is 0 Å². The normalized spacial score (nSPS) is 14.3. The number of Topliss-reactive ketones (excluding diaryl/α,β-unsaturated/α-hetero) is 4. The molecule has 2 aliphatic carbocycles. The van der Waals surface area contributed by atoms with Crippen LogP contribution in [0.25, 0.3) is 11.2 Å². The standard InChI is InChI=1S/C20H21N3O3S2.C17H23N5O2S2.2C17H17N3O2S2.C16H14ClN3O2S2/c1-22-18-15(19(27)23(20(22)25)10-12-3-4-12)9-17(21-18)28-11-16(24)13-5-7-14(26-2)8-6-13;1-19-14-13(15(25)20(2)17(19)24)22(9-11-5-6-11)16(18-14)26-10-12(23)21-7-3-4-8-21;2*1-10-5-4-6-11(7-10)13(21)9-24-14-8-12-15(18-14)19(2)17(22)20(3)16(12)23;1-19-14-10(15(23)20(2)16(19)22)7-13(18-14)24-8-12(21)9-5-3-4-6-11(9)17/h5-8,12H,3-4,9-11H2,1-2H3;11H,3-10H2,1-2H3;2*4-7H,8-9H2,1-3H3;3-6H,7-8H2,1-2H3. The van der Waals surface area contributed by atoms with E-state index < -0.39 is 0 Å². The second-order valence-electron chi connectivity index (χ2n) is 31.3. The molecule has 0 N–H and O–H groups in total. The second kappa shape index (κ2) is 40.9. The zero-order valence-electron chi connectivity index (χ0n) is 71.4. The number of nitrogens with zero attached hydrogens (tertiary/aromatic N) is 17. The summed E-state index contributed by atoms with van der Waals surface area (Å²) in [6.45, 7) is 7.19. The van der Waals surface area contributed by atoms with E-state index in [9.17, 15) is 47.9 Å². The van der Waals surface area contributed by atoms with Gasteiger partial charge in [-0.1, -0.05) is 144 Å². The summed E-state index contributed by atoms with van der Waals surface area (Å²) in [5.41, 5.74) is 8.76. The SMILES string of the molecule is COc1ccc(C(=O)CSC2=Nc3c(c(=S)n(CC4CC4)c(=O)n3C)C2)cc1.Cc1cccc(C(=O)CSC2=Nc3c(c(=S)n(C)c(=O)n3C)C2)c1.Cc1cccc(C(=O)CSC2=Nc3c(c(=S)n(C)c(=O)n3C)C2)c1.Cn1c(=S)c2c(nc(SCC(=O)N3CCCC3)n2CC2CC2)n(C)c1=O.Cn1c2c(c(=S)n(C)c1=O)CC(SCC(=O)c1ccccc1Cl)=N2. The van der Waals surface area contributed by atoms with Crippen molar-refractivity contribution in [3.8, 4) is 5.75 Å². The lowest BCUT2D eigenvalue weighted by Gasteiger charge is -2.15. The average Bonchev–Trinajstić information content (AvgIpc) is 1.64. The number of aromatic nitrogens is 12. The van der Waals surface area contributed by atoms with Crippen molar-refractivity contribution in [3.05, 3.63) is 233 Å². The highest BCUT2D eigenvalue weighted by molar-refractivity contribution is 8.15. The maximum atomic E-state index is 12.6. The molecule has 7 aliphatic rings. The van der Waals surface area contributed by atoms with Gasteiger partial charge in [-0.15, -0.1) is 47.0 Å². The fourth-order valence-corrected chi connectivity index (χ4v) is 20.4. The molecule has 6 aromatic heterocycles. The lowest BCUT2D eigenvalue weighted by atomic mass is 10.1. The maximum Gasteiger partial charge on any atom is 0.330 e. The summed E-state index contributed by atoms with van der Waals surface area (Å²) >= 11 is 40.2. The Hall–Kier alpha value is -9.48. The van der Waals surface area contributed by atoms with Gasteiger partial charge in [-0.3, -0.25) is 69.6 Å². The van der Waals surface area contributed by atoms with Gasteiger partial charge in [0, 0.05) is 160 Å². The first-order chi connectivity index (χ1) is 60.1. The molecule has 17 rings (SSSR count). The number of aryl methyl sites for hydroxylation is 3. The Labute approximate surface area is 777 Å². The van der Waals surface area contributed by atoms with Crippen LogP contribution in [0, 0.1) is 48.9 Å². The third-order valence-electron chi connectivity index (χ3n) is 22.1. The third-order valence-corrected chi connectivity index (χ3v) is 29.8. The van der Waals surface area contributed by atoms with Gasteiger partial charge < -0.3 is 14.2 Å². The number of aliphatic imine (C=N–C) groups is 4. The Kier molecular flexibility index (Phi) is 30.5. The number of imidazole rings is 1. The lowest BCUT2D eigenvalue weighted by Crippen LogP contribution is -2.31. The Balaban J connectivity index is 0.000000135. The average molecular weight is 1910 g/mol. The Morgan fingerprint density at radius 3 is 1.21 bits per heavy atom. The number of hydrogen-bond donors (Lipinski definition) is 0. The third kappa shape index (κ3) is 21.3. The van der Waals surface area contributed by atoms with Crippen LogP contribution in [0.5, 0.6) is 5.75 Å². The molecule has 0 unspecified atom stereocenters. The van der Waals surface area contributed by atoms with Crippen LogP contribution >= 0.6 is 131 Å². The first kappa shape index (κ1) is 94.1. The molecule has 0 spiro atoms. The molecule has 0 atom stereocenters. The molecule has 5 aliphatic heterocycles. The number of amides is 1. The van der Waals surface area contributed by atoms with E-state index in [-0.39, 0.29) is 63.2 Å². The molecule has 0 radical (unpaired) electrons. The highest BCUT2D eigenvalue weighted by Crippen LogP contribution is 2.38. The number of hydrogen-bond acceptors (Lipinski definition) is 26. The summed E-state index contributed by atoms with van der Waals surface area (Å²) in [6, 6.07) is 29.2. The van der Waals surface area contributed by atoms with Crippen molar-refractivity contribution in [1.29, 1.82) is 0 Å². The minimum absolute atomic E-state index is 0.0302. The molecular formula is C87H92ClN17O11S10. The van der Waals surface area contributed by atoms with Gasteiger partial charge in [0.15, 0.2) is 33.9 Å². The first-order valence-electron chi connectivity index (χ1n) is 40.3. The van der Waals surface area contributed by atoms with E-state index in [1.165, 1.54) is 104 Å². The van der Waals surface area contributed by atoms with Crippen LogP contribution in [-0.2, 0) is 107 Å².